The van der Waals surface area contributed by atoms with Crippen LogP contribution in [0.1, 0.15) is 38.2 Å². The number of thioether (sulfide) groups is 1. The molecule has 1 N–H and O–H groups in total. The standard InChI is InChI=1S/C33H30ClFN6O3S/c1-4-27(43)39-12-13-40(24-16-23(24)39)31-19-15-20(34)29-28-21(35)8-6-9-22(28)36-26(42)11-14-45-25-10-5-7-18(17(2)3)30(25)41(32(19)37-29)33(44)38-31/h4-10,15,17,23-24H,1,11-14,16H2,2-3H3,(H,36,42)/t23?,24-/m1/s1. The average Bonchev–Trinajstić information content (AvgIpc) is 3.81. The number of fused-ring (bicyclic) bond motifs is 6. The van der Waals surface area contributed by atoms with Crippen LogP contribution in [0.15, 0.2) is 64.8 Å². The van der Waals surface area contributed by atoms with E-state index in [2.05, 4.69) is 21.8 Å². The minimum atomic E-state index is -0.610. The number of para-hydroxylation sites is 1. The van der Waals surface area contributed by atoms with E-state index < -0.39 is 11.5 Å². The van der Waals surface area contributed by atoms with E-state index in [-0.39, 0.29) is 63.9 Å². The summed E-state index contributed by atoms with van der Waals surface area (Å²) in [6.07, 6.45) is 2.22. The van der Waals surface area contributed by atoms with E-state index in [4.69, 9.17) is 16.6 Å². The van der Waals surface area contributed by atoms with Crippen molar-refractivity contribution < 1.29 is 14.0 Å². The Bertz CT molecular complexity index is 1980. The topological polar surface area (TPSA) is 100 Å². The number of hydrogen-bond acceptors (Lipinski definition) is 7. The highest BCUT2D eigenvalue weighted by atomic mass is 35.5. The van der Waals surface area contributed by atoms with Gasteiger partial charge in [-0.3, -0.25) is 9.59 Å². The second-order valence-electron chi connectivity index (χ2n) is 11.7. The number of halogens is 2. The van der Waals surface area contributed by atoms with Crippen LogP contribution in [0.3, 0.4) is 0 Å². The second kappa shape index (κ2) is 11.3. The Kier molecular flexibility index (Phi) is 7.40. The molecule has 2 aliphatic heterocycles. The van der Waals surface area contributed by atoms with Crippen LogP contribution in [-0.2, 0) is 9.59 Å². The van der Waals surface area contributed by atoms with E-state index in [1.54, 1.807) is 17.0 Å². The summed E-state index contributed by atoms with van der Waals surface area (Å²) in [6.45, 7) is 8.63. The lowest BCUT2D eigenvalue weighted by molar-refractivity contribution is -0.127. The van der Waals surface area contributed by atoms with E-state index in [0.29, 0.717) is 35.7 Å². The second-order valence-corrected chi connectivity index (χ2v) is 13.2. The maximum atomic E-state index is 15.6. The Labute approximate surface area is 268 Å². The zero-order valence-corrected chi connectivity index (χ0v) is 26.3. The molecule has 12 heteroatoms. The molecular formula is C33H30ClFN6O3S. The number of piperazine rings is 1. The van der Waals surface area contributed by atoms with Crippen LogP contribution in [0.25, 0.3) is 28.0 Å². The van der Waals surface area contributed by atoms with Crippen LogP contribution in [0, 0.1) is 5.82 Å². The van der Waals surface area contributed by atoms with Crippen molar-refractivity contribution in [3.63, 3.8) is 0 Å². The molecule has 230 valence electrons. The normalized spacial score (nSPS) is 19.2. The van der Waals surface area contributed by atoms with Gasteiger partial charge < -0.3 is 15.1 Å². The molecule has 0 radical (unpaired) electrons. The summed E-state index contributed by atoms with van der Waals surface area (Å²) in [5.41, 5.74) is 1.66. The van der Waals surface area contributed by atoms with E-state index in [1.165, 1.54) is 34.5 Å². The van der Waals surface area contributed by atoms with Gasteiger partial charge in [-0.15, -0.1) is 11.8 Å². The van der Waals surface area contributed by atoms with Gasteiger partial charge in [0.2, 0.25) is 11.8 Å². The van der Waals surface area contributed by atoms with Crippen LogP contribution < -0.4 is 15.9 Å². The third kappa shape index (κ3) is 4.98. The first-order valence-electron chi connectivity index (χ1n) is 14.9. The lowest BCUT2D eigenvalue weighted by Crippen LogP contribution is -2.49. The van der Waals surface area contributed by atoms with Gasteiger partial charge in [-0.1, -0.05) is 50.2 Å². The van der Waals surface area contributed by atoms with Crippen LogP contribution in [0.2, 0.25) is 5.02 Å². The molecular weight excluding hydrogens is 615 g/mol. The summed E-state index contributed by atoms with van der Waals surface area (Å²) in [7, 11) is 0. The van der Waals surface area contributed by atoms with Crippen molar-refractivity contribution >= 4 is 57.7 Å². The Balaban J connectivity index is 1.54. The van der Waals surface area contributed by atoms with Gasteiger partial charge in [-0.05, 0) is 48.2 Å². The fourth-order valence-electron chi connectivity index (χ4n) is 6.44. The number of hydrogen-bond donors (Lipinski definition) is 1. The largest absolute Gasteiger partial charge is 0.355 e. The summed E-state index contributed by atoms with van der Waals surface area (Å²) in [6, 6.07) is 11.9. The summed E-state index contributed by atoms with van der Waals surface area (Å²) >= 11 is 8.37. The number of benzene rings is 2. The first-order chi connectivity index (χ1) is 21.7. The predicted octanol–water partition coefficient (Wildman–Crippen LogP) is 5.77. The van der Waals surface area contributed by atoms with Gasteiger partial charge in [0, 0.05) is 30.2 Å². The highest BCUT2D eigenvalue weighted by Crippen LogP contribution is 2.44. The highest BCUT2D eigenvalue weighted by Gasteiger charge is 2.51. The summed E-state index contributed by atoms with van der Waals surface area (Å²) in [5, 5.41) is 3.51. The van der Waals surface area contributed by atoms with E-state index in [1.807, 2.05) is 32.0 Å². The Hall–Kier alpha value is -4.22. The van der Waals surface area contributed by atoms with Crippen LogP contribution in [0.4, 0.5) is 15.9 Å². The minimum Gasteiger partial charge on any atom is -0.349 e. The maximum Gasteiger partial charge on any atom is 0.355 e. The molecule has 1 unspecified atom stereocenters. The molecule has 2 bridgehead atoms. The first-order valence-corrected chi connectivity index (χ1v) is 16.2. The molecule has 1 saturated heterocycles. The molecule has 3 aliphatic rings. The van der Waals surface area contributed by atoms with Crippen molar-refractivity contribution in [2.24, 2.45) is 0 Å². The number of carbonyl (C=O) groups is 2. The number of aromatic nitrogens is 3. The van der Waals surface area contributed by atoms with Crippen LogP contribution in [0.5, 0.6) is 0 Å². The lowest BCUT2D eigenvalue weighted by Gasteiger charge is -2.35. The van der Waals surface area contributed by atoms with Gasteiger partial charge in [0.1, 0.15) is 11.6 Å². The molecule has 2 aromatic carbocycles. The molecule has 2 atom stereocenters. The molecule has 2 amide bonds. The first kappa shape index (κ1) is 29.5. The van der Waals surface area contributed by atoms with Gasteiger partial charge in [0.15, 0.2) is 5.65 Å². The average molecular weight is 645 g/mol. The van der Waals surface area contributed by atoms with Gasteiger partial charge in [-0.2, -0.15) is 4.98 Å². The van der Waals surface area contributed by atoms with Crippen molar-refractivity contribution in [1.29, 1.82) is 0 Å². The van der Waals surface area contributed by atoms with E-state index in [9.17, 15) is 14.4 Å². The Morgan fingerprint density at radius 3 is 2.73 bits per heavy atom. The predicted molar refractivity (Wildman–Crippen MR) is 175 cm³/mol. The smallest absolute Gasteiger partial charge is 0.349 e. The molecule has 2 aromatic heterocycles. The quantitative estimate of drug-likeness (QED) is 0.283. The zero-order valence-electron chi connectivity index (χ0n) is 24.7. The van der Waals surface area contributed by atoms with E-state index >= 15 is 4.39 Å². The van der Waals surface area contributed by atoms with Crippen molar-refractivity contribution in [3.05, 3.63) is 82.0 Å². The fraction of sp³-hybridized carbons (Fsp3) is 0.303. The van der Waals surface area contributed by atoms with Crippen LogP contribution >= 0.6 is 23.4 Å². The molecule has 4 aromatic rings. The lowest BCUT2D eigenvalue weighted by atomic mass is 10.0. The van der Waals surface area contributed by atoms with Crippen LogP contribution in [-0.4, -0.2) is 62.2 Å². The number of nitrogens with zero attached hydrogens (tertiary/aromatic N) is 5. The molecule has 1 aliphatic carbocycles. The highest BCUT2D eigenvalue weighted by molar-refractivity contribution is 7.99. The van der Waals surface area contributed by atoms with E-state index in [0.717, 1.165) is 16.9 Å². The minimum absolute atomic E-state index is 0.0119. The summed E-state index contributed by atoms with van der Waals surface area (Å²) in [4.78, 5) is 54.0. The monoisotopic (exact) mass is 644 g/mol. The Morgan fingerprint density at radius 2 is 1.96 bits per heavy atom. The van der Waals surface area contributed by atoms with Gasteiger partial charge in [0.25, 0.3) is 0 Å². The number of carbonyl (C=O) groups excluding carboxylic acids is 2. The number of nitrogens with one attached hydrogen (secondary N) is 1. The van der Waals surface area contributed by atoms with Crippen molar-refractivity contribution in [2.75, 3.05) is 29.1 Å². The van der Waals surface area contributed by atoms with Crippen molar-refractivity contribution in [2.45, 2.75) is 49.6 Å². The molecule has 0 spiro atoms. The number of anilines is 2. The zero-order chi connectivity index (χ0) is 31.6. The number of amides is 2. The molecule has 4 heterocycles. The summed E-state index contributed by atoms with van der Waals surface area (Å²) < 4.78 is 17.1. The SMILES string of the molecule is C=CC(=O)N1CCN(c2nc(=O)n3c4nc(c(Cl)cc24)-c2c(F)cccc2NC(=O)CCSc2cccc(C(C)C)c2-3)[C@@H]2CC21. The molecule has 7 rings (SSSR count). The summed E-state index contributed by atoms with van der Waals surface area (Å²) in [5.74, 6) is -0.121. The third-order valence-electron chi connectivity index (χ3n) is 8.62. The third-order valence-corrected chi connectivity index (χ3v) is 9.96. The maximum absolute atomic E-state index is 15.6. The van der Waals surface area contributed by atoms with Gasteiger partial charge >= 0.3 is 5.69 Å². The molecule has 2 fully saturated rings. The number of pyridine rings is 1. The Morgan fingerprint density at radius 1 is 1.16 bits per heavy atom. The van der Waals surface area contributed by atoms with Crippen molar-refractivity contribution in [1.82, 2.24) is 19.4 Å². The van der Waals surface area contributed by atoms with Crippen molar-refractivity contribution in [3.8, 4) is 16.9 Å². The van der Waals surface area contributed by atoms with Gasteiger partial charge in [-0.25, -0.2) is 18.7 Å². The fourth-order valence-corrected chi connectivity index (χ4v) is 7.71. The number of rotatable bonds is 3. The molecule has 45 heavy (non-hydrogen) atoms. The van der Waals surface area contributed by atoms with Gasteiger partial charge in [0.05, 0.1) is 45.1 Å². The molecule has 9 nitrogen and oxygen atoms in total. The molecule has 1 saturated carbocycles.